The third kappa shape index (κ3) is 16.0. The highest BCUT2D eigenvalue weighted by atomic mass is 19.5. The van der Waals surface area contributed by atoms with Gasteiger partial charge in [-0.3, -0.25) is 15.0 Å². The quantitative estimate of drug-likeness (QED) is 0.0751. The molecule has 42 heteroatoms. The number of rotatable bonds is 18. The molecule has 0 atom stereocenters. The van der Waals surface area contributed by atoms with E-state index < -0.39 is 142 Å². The molecule has 0 N–H and O–H groups in total. The van der Waals surface area contributed by atoms with E-state index in [1.54, 1.807) is 109 Å². The van der Waals surface area contributed by atoms with E-state index in [9.17, 15) is 132 Å². The van der Waals surface area contributed by atoms with Gasteiger partial charge in [-0.25, -0.2) is 44.9 Å². The van der Waals surface area contributed by atoms with Crippen LogP contribution in [0.1, 0.15) is 34.9 Å². The molecule has 0 fully saturated rings. The number of benzene rings is 7. The van der Waals surface area contributed by atoms with E-state index in [2.05, 4.69) is 59.8 Å². The van der Waals surface area contributed by atoms with Crippen molar-refractivity contribution < 1.29 is 132 Å². The summed E-state index contributed by atoms with van der Waals surface area (Å²) in [6, 6.07) is 50.8. The van der Waals surface area contributed by atoms with Crippen molar-refractivity contribution in [2.75, 3.05) is 0 Å². The number of pyridine rings is 3. The van der Waals surface area contributed by atoms with Crippen LogP contribution in [0.15, 0.2) is 219 Å². The van der Waals surface area contributed by atoms with Gasteiger partial charge in [0.2, 0.25) is 34.9 Å². The van der Waals surface area contributed by atoms with Crippen molar-refractivity contribution in [3.05, 3.63) is 254 Å². The Morgan fingerprint density at radius 2 is 0.317 bits per heavy atom. The highest BCUT2D eigenvalue weighted by Crippen LogP contribution is 2.52. The van der Waals surface area contributed by atoms with Crippen molar-refractivity contribution in [1.82, 2.24) is 59.8 Å². The van der Waals surface area contributed by atoms with Crippen LogP contribution in [0.4, 0.5) is 132 Å². The molecule has 0 saturated heterocycles. The fourth-order valence-electron chi connectivity index (χ4n) is 11.7. The Morgan fingerprint density at radius 3 is 0.475 bits per heavy atom. The number of halogens is 30. The van der Waals surface area contributed by atoms with Crippen molar-refractivity contribution in [1.29, 1.82) is 0 Å². The number of aromatic nitrogens is 12. The Kier molecular flexibility index (Phi) is 21.3. The molecule has 0 aliphatic rings. The van der Waals surface area contributed by atoms with Crippen molar-refractivity contribution in [3.8, 4) is 135 Å². The van der Waals surface area contributed by atoms with Crippen LogP contribution in [-0.2, 0) is 35.5 Å². The Bertz CT molecular complexity index is 5270. The van der Waals surface area contributed by atoms with E-state index >= 15 is 0 Å². The summed E-state index contributed by atoms with van der Waals surface area (Å²) in [5.74, 6) is -58.0. The monoisotopic (exact) mass is 1710 g/mol. The highest BCUT2D eigenvalue weighted by Gasteiger charge is 2.68. The van der Waals surface area contributed by atoms with Crippen LogP contribution in [0.2, 0.25) is 0 Å². The molecule has 6 heterocycles. The summed E-state index contributed by atoms with van der Waals surface area (Å²) in [5.41, 5.74) is 5.09. The average Bonchev–Trinajstić information content (AvgIpc) is 0.739. The predicted octanol–water partition coefficient (Wildman–Crippen LogP) is 24.4. The van der Waals surface area contributed by atoms with Gasteiger partial charge in [-0.1, -0.05) is 146 Å². The highest BCUT2D eigenvalue weighted by molar-refractivity contribution is 5.94. The van der Waals surface area contributed by atoms with Gasteiger partial charge in [-0.15, -0.1) is 0 Å². The molecule has 13 rings (SSSR count). The lowest BCUT2D eigenvalue weighted by atomic mass is 9.86. The lowest BCUT2D eigenvalue weighted by molar-refractivity contribution is -0.297. The predicted molar refractivity (Wildman–Crippen MR) is 365 cm³/mol. The fourth-order valence-corrected chi connectivity index (χ4v) is 11.7. The van der Waals surface area contributed by atoms with Crippen LogP contribution in [0, 0.1) is 0 Å². The van der Waals surface area contributed by atoms with Crippen molar-refractivity contribution in [2.24, 2.45) is 0 Å². The van der Waals surface area contributed by atoms with Crippen molar-refractivity contribution >= 4 is 0 Å². The molecule has 0 aliphatic heterocycles. The molecule has 0 bridgehead atoms. The SMILES string of the molecule is FC(F)(F)C(F)(F)c1nc(-c2ccc(-c3ccc(-c4ccccc4-c4cc(-c5ccccc5-c5ccc(-c6ccc(-c7nc(C(F)(F)C(F)(F)F)nc(C(F)(F)C(F)(F)F)n7)cn6)cc5)cc(-c5ccccc5-c5ccc(-c6ccc(-c7nc(C(F)(F)C(F)(F)F)nc(C(F)(F)C(F)(F)F)n7)cn6)cc5)c4)cc3)nc2)nc(C(F)(F)C(F)(F)F)n1. The van der Waals surface area contributed by atoms with Gasteiger partial charge in [0.1, 0.15) is 0 Å². The first-order chi connectivity index (χ1) is 55.8. The zero-order valence-electron chi connectivity index (χ0n) is 58.5. The molecule has 7 aromatic carbocycles. The van der Waals surface area contributed by atoms with Crippen molar-refractivity contribution in [3.63, 3.8) is 0 Å². The molecular formula is C78H36F30N12. The minimum atomic E-state index is -6.58. The maximum atomic E-state index is 14.5. The van der Waals surface area contributed by atoms with E-state index in [-0.39, 0.29) is 33.8 Å². The van der Waals surface area contributed by atoms with E-state index in [0.29, 0.717) is 85.4 Å². The largest absolute Gasteiger partial charge is 0.461 e. The zero-order valence-corrected chi connectivity index (χ0v) is 58.5. The molecule has 12 nitrogen and oxygen atoms in total. The minimum Gasteiger partial charge on any atom is -0.255 e. The number of nitrogens with zero attached hydrogens (tertiary/aromatic N) is 12. The van der Waals surface area contributed by atoms with E-state index in [1.807, 2.05) is 18.2 Å². The van der Waals surface area contributed by atoms with E-state index in [4.69, 9.17) is 0 Å². The summed E-state index contributed by atoms with van der Waals surface area (Å²) >= 11 is 0. The van der Waals surface area contributed by atoms with Gasteiger partial charge in [0.25, 0.3) is 0 Å². The second-order valence-corrected chi connectivity index (χ2v) is 25.8. The van der Waals surface area contributed by atoms with Gasteiger partial charge in [0.15, 0.2) is 17.5 Å². The molecule has 120 heavy (non-hydrogen) atoms. The third-order valence-electron chi connectivity index (χ3n) is 17.9. The van der Waals surface area contributed by atoms with Crippen LogP contribution in [0.5, 0.6) is 0 Å². The Labute approximate surface area is 650 Å². The van der Waals surface area contributed by atoms with Gasteiger partial charge >= 0.3 is 72.6 Å². The summed E-state index contributed by atoms with van der Waals surface area (Å²) in [6.07, 6.45) is -37.3. The van der Waals surface area contributed by atoms with Crippen LogP contribution >= 0.6 is 0 Å². The van der Waals surface area contributed by atoms with Crippen LogP contribution in [0.3, 0.4) is 0 Å². The molecule has 618 valence electrons. The normalized spacial score (nSPS) is 13.2. The lowest BCUT2D eigenvalue weighted by Gasteiger charge is -2.22. The Morgan fingerprint density at radius 1 is 0.158 bits per heavy atom. The maximum absolute atomic E-state index is 14.5. The van der Waals surface area contributed by atoms with Crippen LogP contribution in [0.25, 0.3) is 135 Å². The van der Waals surface area contributed by atoms with Gasteiger partial charge in [-0.2, -0.15) is 132 Å². The smallest absolute Gasteiger partial charge is 0.255 e. The topological polar surface area (TPSA) is 155 Å². The zero-order chi connectivity index (χ0) is 87.3. The van der Waals surface area contributed by atoms with E-state index in [1.165, 1.54) is 36.4 Å². The van der Waals surface area contributed by atoms with Crippen molar-refractivity contribution in [2.45, 2.75) is 72.6 Å². The van der Waals surface area contributed by atoms with Gasteiger partial charge in [-0.05, 0) is 121 Å². The Balaban J connectivity index is 0.865. The molecule has 0 unspecified atom stereocenters. The number of hydrogen-bond donors (Lipinski definition) is 0. The second kappa shape index (κ2) is 30.1. The van der Waals surface area contributed by atoms with Gasteiger partial charge < -0.3 is 0 Å². The first-order valence-electron chi connectivity index (χ1n) is 33.4. The molecule has 13 aromatic rings. The van der Waals surface area contributed by atoms with Crippen LogP contribution < -0.4 is 0 Å². The molecular weight excluding hydrogens is 1670 g/mol. The minimum absolute atomic E-state index is 0.0173. The summed E-state index contributed by atoms with van der Waals surface area (Å²) in [4.78, 5) is 36.4. The second-order valence-electron chi connectivity index (χ2n) is 25.8. The first kappa shape index (κ1) is 84.8. The van der Waals surface area contributed by atoms with E-state index in [0.717, 1.165) is 36.4 Å². The third-order valence-corrected chi connectivity index (χ3v) is 17.9. The molecule has 6 aromatic heterocycles. The standard InChI is InChI=1S/C78H36F30N12/c79-67(80,73(91,92)93)61-112-58(113-62(118-61)68(81,82)74(94,95)96)43-25-28-55(109-34-43)40-19-13-37(14-20-40)49-7-1-4-10-52(49)46-31-47(53-11-5-2-8-50(53)38-15-21-41(22-16-38)56-29-26-44(35-110-56)59-114-63(69(83,84)75(97,98)99)119-64(115-59)70(85,86)76(100,101)102)33-48(32-46)54-12-6-3-9-51(54)39-17-23-42(24-18-39)57-30-27-45(36-111-57)60-116-65(71(87,88)77(103,104)105)120-66(117-60)72(89,90)78(106,107)108/h1-36H. The summed E-state index contributed by atoms with van der Waals surface area (Å²) in [6.45, 7) is 0. The Hall–Kier alpha value is -13.1. The molecule has 0 saturated carbocycles. The van der Waals surface area contributed by atoms with Gasteiger partial charge in [0.05, 0.1) is 17.1 Å². The maximum Gasteiger partial charge on any atom is 0.461 e. The summed E-state index contributed by atoms with van der Waals surface area (Å²) < 4.78 is 416. The lowest BCUT2D eigenvalue weighted by Crippen LogP contribution is -2.39. The molecule has 0 radical (unpaired) electrons. The summed E-state index contributed by atoms with van der Waals surface area (Å²) in [7, 11) is 0. The number of alkyl halides is 30. The molecule has 0 amide bonds. The molecule has 0 aliphatic carbocycles. The number of hydrogen-bond acceptors (Lipinski definition) is 12. The van der Waals surface area contributed by atoms with Gasteiger partial charge in [0, 0.05) is 52.0 Å². The average molecular weight is 1710 g/mol. The van der Waals surface area contributed by atoms with Crippen LogP contribution in [-0.4, -0.2) is 96.9 Å². The first-order valence-corrected chi connectivity index (χ1v) is 33.4. The molecule has 0 spiro atoms. The fraction of sp³-hybridized carbons (Fsp3) is 0.154. The summed E-state index contributed by atoms with van der Waals surface area (Å²) in [5, 5.41) is 0.